The molecule has 2 aliphatic rings. The van der Waals surface area contributed by atoms with Crippen LogP contribution in [-0.2, 0) is 4.79 Å². The molecule has 0 radical (unpaired) electrons. The molecule has 130 valence electrons. The molecule has 25 heavy (non-hydrogen) atoms. The Kier molecular flexibility index (Phi) is 3.79. The summed E-state index contributed by atoms with van der Waals surface area (Å²) in [7, 11) is 3.26. The Balaban J connectivity index is 1.98. The number of benzene rings is 1. The van der Waals surface area contributed by atoms with E-state index in [0.717, 1.165) is 46.9 Å². The van der Waals surface area contributed by atoms with Crippen LogP contribution in [-0.4, -0.2) is 20.0 Å². The summed E-state index contributed by atoms with van der Waals surface area (Å²) >= 11 is 0. The summed E-state index contributed by atoms with van der Waals surface area (Å²) < 4.78 is 17.0. The van der Waals surface area contributed by atoms with Crippen LogP contribution >= 0.6 is 0 Å². The number of aryl methyl sites for hydroxylation is 1. The highest BCUT2D eigenvalue weighted by atomic mass is 16.5. The summed E-state index contributed by atoms with van der Waals surface area (Å²) in [6.45, 7) is 1.91. The van der Waals surface area contributed by atoms with Gasteiger partial charge in [-0.05, 0) is 31.9 Å². The minimum absolute atomic E-state index is 0.177. The minimum Gasteiger partial charge on any atom is -0.497 e. The van der Waals surface area contributed by atoms with E-state index < -0.39 is 0 Å². The van der Waals surface area contributed by atoms with Crippen molar-refractivity contribution in [2.24, 2.45) is 0 Å². The van der Waals surface area contributed by atoms with Crippen LogP contribution < -0.4 is 14.8 Å². The van der Waals surface area contributed by atoms with Crippen LogP contribution in [0.4, 0.5) is 5.69 Å². The number of hydrogen-bond acceptors (Lipinski definition) is 5. The Morgan fingerprint density at radius 3 is 2.68 bits per heavy atom. The first-order valence-electron chi connectivity index (χ1n) is 8.48. The zero-order chi connectivity index (χ0) is 17.6. The summed E-state index contributed by atoms with van der Waals surface area (Å²) in [5.41, 5.74) is 3.62. The second kappa shape index (κ2) is 5.99. The highest BCUT2D eigenvalue weighted by Crippen LogP contribution is 2.50. The van der Waals surface area contributed by atoms with Crippen LogP contribution in [0.1, 0.15) is 42.3 Å². The van der Waals surface area contributed by atoms with Gasteiger partial charge in [-0.1, -0.05) is 0 Å². The standard InChI is InChI=1S/C20H21NO4/c1-11-7-8-16(25-11)20-18-13(5-4-6-15(18)22)21-14-9-12(23-2)10-17(24-3)19(14)20/h7-10,20-21H,4-6H2,1-3H3/t20-/m1/s1. The molecule has 0 saturated carbocycles. The number of fused-ring (bicyclic) bond motifs is 1. The minimum atomic E-state index is -0.256. The van der Waals surface area contributed by atoms with E-state index >= 15 is 0 Å². The largest absolute Gasteiger partial charge is 0.497 e. The molecule has 0 saturated heterocycles. The molecule has 5 heteroatoms. The molecule has 0 amide bonds. The van der Waals surface area contributed by atoms with E-state index in [2.05, 4.69) is 5.32 Å². The van der Waals surface area contributed by atoms with Crippen LogP contribution in [0, 0.1) is 6.92 Å². The van der Waals surface area contributed by atoms with Gasteiger partial charge >= 0.3 is 0 Å². The molecule has 0 fully saturated rings. The van der Waals surface area contributed by atoms with Crippen molar-refractivity contribution in [1.29, 1.82) is 0 Å². The Morgan fingerprint density at radius 2 is 2.00 bits per heavy atom. The van der Waals surface area contributed by atoms with Crippen molar-refractivity contribution in [2.45, 2.75) is 32.1 Å². The normalized spacial score (nSPS) is 19.2. The van der Waals surface area contributed by atoms with Crippen molar-refractivity contribution in [3.05, 3.63) is 52.6 Å². The molecule has 1 aliphatic carbocycles. The van der Waals surface area contributed by atoms with Gasteiger partial charge in [0.25, 0.3) is 0 Å². The maximum atomic E-state index is 12.7. The molecule has 0 spiro atoms. The molecule has 0 unspecified atom stereocenters. The first-order valence-corrected chi connectivity index (χ1v) is 8.48. The third kappa shape index (κ3) is 2.51. The van der Waals surface area contributed by atoms with Crippen LogP contribution in [0.2, 0.25) is 0 Å². The number of methoxy groups -OCH3 is 2. The van der Waals surface area contributed by atoms with Crippen molar-refractivity contribution >= 4 is 11.5 Å². The number of carbonyl (C=O) groups excluding carboxylic acids is 1. The van der Waals surface area contributed by atoms with E-state index in [1.807, 2.05) is 31.2 Å². The van der Waals surface area contributed by atoms with Gasteiger partial charge < -0.3 is 19.2 Å². The van der Waals surface area contributed by atoms with E-state index in [-0.39, 0.29) is 11.7 Å². The number of ketones is 1. The number of ether oxygens (including phenoxy) is 2. The summed E-state index contributed by atoms with van der Waals surface area (Å²) in [6.07, 6.45) is 2.30. The molecule has 2 aromatic rings. The maximum Gasteiger partial charge on any atom is 0.161 e. The average molecular weight is 339 g/mol. The fourth-order valence-electron chi connectivity index (χ4n) is 3.82. The predicted octanol–water partition coefficient (Wildman–Crippen LogP) is 4.17. The first-order chi connectivity index (χ1) is 12.1. The maximum absolute atomic E-state index is 12.7. The third-order valence-corrected chi connectivity index (χ3v) is 4.94. The fraction of sp³-hybridized carbons (Fsp3) is 0.350. The lowest BCUT2D eigenvalue weighted by atomic mass is 9.77. The lowest BCUT2D eigenvalue weighted by Gasteiger charge is -2.34. The van der Waals surface area contributed by atoms with Gasteiger partial charge in [0.15, 0.2) is 5.78 Å². The van der Waals surface area contributed by atoms with E-state index in [4.69, 9.17) is 13.9 Å². The lowest BCUT2D eigenvalue weighted by Crippen LogP contribution is -2.27. The number of allylic oxidation sites excluding steroid dienone is 2. The highest BCUT2D eigenvalue weighted by Gasteiger charge is 2.38. The fourth-order valence-corrected chi connectivity index (χ4v) is 3.82. The molecule has 1 aromatic carbocycles. The Morgan fingerprint density at radius 1 is 1.16 bits per heavy atom. The molecule has 5 nitrogen and oxygen atoms in total. The van der Waals surface area contributed by atoms with E-state index in [9.17, 15) is 4.79 Å². The third-order valence-electron chi connectivity index (χ3n) is 4.94. The van der Waals surface area contributed by atoms with Gasteiger partial charge in [0.1, 0.15) is 23.0 Å². The zero-order valence-corrected chi connectivity index (χ0v) is 14.6. The van der Waals surface area contributed by atoms with Crippen LogP contribution in [0.15, 0.2) is 40.0 Å². The lowest BCUT2D eigenvalue weighted by molar-refractivity contribution is -0.116. The predicted molar refractivity (Wildman–Crippen MR) is 94.3 cm³/mol. The number of rotatable bonds is 3. The number of furan rings is 1. The van der Waals surface area contributed by atoms with Gasteiger partial charge in [0.2, 0.25) is 0 Å². The summed E-state index contributed by atoms with van der Waals surface area (Å²) in [5, 5.41) is 3.44. The van der Waals surface area contributed by atoms with Gasteiger partial charge in [0.05, 0.1) is 20.1 Å². The Bertz CT molecular complexity index is 878. The van der Waals surface area contributed by atoms with Crippen molar-refractivity contribution in [3.8, 4) is 11.5 Å². The van der Waals surface area contributed by atoms with Crippen molar-refractivity contribution in [1.82, 2.24) is 0 Å². The quantitative estimate of drug-likeness (QED) is 0.909. The van der Waals surface area contributed by atoms with Crippen LogP contribution in [0.5, 0.6) is 11.5 Å². The molecular weight excluding hydrogens is 318 g/mol. The van der Waals surface area contributed by atoms with Gasteiger partial charge in [-0.25, -0.2) is 0 Å². The zero-order valence-electron chi connectivity index (χ0n) is 14.6. The van der Waals surface area contributed by atoms with E-state index in [0.29, 0.717) is 17.9 Å². The Labute approximate surface area is 146 Å². The van der Waals surface area contributed by atoms with Gasteiger partial charge in [-0.2, -0.15) is 0 Å². The smallest absolute Gasteiger partial charge is 0.161 e. The first kappa shape index (κ1) is 15.8. The number of anilines is 1. The molecule has 4 rings (SSSR count). The van der Waals surface area contributed by atoms with E-state index in [1.54, 1.807) is 14.2 Å². The van der Waals surface area contributed by atoms with Gasteiger partial charge in [-0.15, -0.1) is 0 Å². The summed E-state index contributed by atoms with van der Waals surface area (Å²) in [5.74, 6) is 2.92. The van der Waals surface area contributed by atoms with Crippen molar-refractivity contribution < 1.29 is 18.7 Å². The van der Waals surface area contributed by atoms with E-state index in [1.165, 1.54) is 0 Å². The van der Waals surface area contributed by atoms with Gasteiger partial charge in [-0.3, -0.25) is 4.79 Å². The second-order valence-corrected chi connectivity index (χ2v) is 6.47. The van der Waals surface area contributed by atoms with Crippen molar-refractivity contribution in [3.63, 3.8) is 0 Å². The highest BCUT2D eigenvalue weighted by molar-refractivity contribution is 6.01. The van der Waals surface area contributed by atoms with Gasteiger partial charge in [0, 0.05) is 41.1 Å². The second-order valence-electron chi connectivity index (χ2n) is 6.47. The molecule has 1 atom stereocenters. The monoisotopic (exact) mass is 339 g/mol. The topological polar surface area (TPSA) is 60.7 Å². The SMILES string of the molecule is COc1cc2c(c(OC)c1)[C@H](c1ccc(C)o1)C1=C(CCCC1=O)N2. The number of hydrogen-bond donors (Lipinski definition) is 1. The Hall–Kier alpha value is -2.69. The molecule has 1 N–H and O–H groups in total. The molecule has 1 aromatic heterocycles. The number of nitrogens with one attached hydrogen (secondary N) is 1. The van der Waals surface area contributed by atoms with Crippen LogP contribution in [0.25, 0.3) is 0 Å². The average Bonchev–Trinajstić information content (AvgIpc) is 3.05. The molecule has 2 heterocycles. The number of Topliss-reactive ketones (excluding diaryl/α,β-unsaturated/α-hetero) is 1. The number of carbonyl (C=O) groups is 1. The summed E-state index contributed by atoms with van der Waals surface area (Å²) in [6, 6.07) is 7.68. The van der Waals surface area contributed by atoms with Crippen molar-refractivity contribution in [2.75, 3.05) is 19.5 Å². The summed E-state index contributed by atoms with van der Waals surface area (Å²) in [4.78, 5) is 12.7. The molecule has 0 bridgehead atoms. The molecular formula is C20H21NO4. The molecule has 1 aliphatic heterocycles. The van der Waals surface area contributed by atoms with Crippen LogP contribution in [0.3, 0.4) is 0 Å².